The Morgan fingerprint density at radius 3 is 3.05 bits per heavy atom. The number of nitrogens with zero attached hydrogens (tertiary/aromatic N) is 2. The normalized spacial score (nSPS) is 19.3. The van der Waals surface area contributed by atoms with Crippen LogP contribution < -0.4 is 5.32 Å². The van der Waals surface area contributed by atoms with Gasteiger partial charge in [-0.2, -0.15) is 5.10 Å². The van der Waals surface area contributed by atoms with E-state index in [2.05, 4.69) is 41.6 Å². The van der Waals surface area contributed by atoms with Crippen LogP contribution in [-0.2, 0) is 17.7 Å². The number of hydrogen-bond acceptors (Lipinski definition) is 3. The van der Waals surface area contributed by atoms with E-state index in [1.54, 1.807) is 6.20 Å². The molecule has 0 amide bonds. The first-order chi connectivity index (χ1) is 10.3. The van der Waals surface area contributed by atoms with Crippen molar-refractivity contribution in [2.75, 3.05) is 13.7 Å². The van der Waals surface area contributed by atoms with Crippen molar-refractivity contribution in [1.29, 1.82) is 0 Å². The van der Waals surface area contributed by atoms with Gasteiger partial charge in [-0.3, -0.25) is 4.68 Å². The number of nitrogens with one attached hydrogen (secondary N) is 1. The molecule has 0 radical (unpaired) electrons. The summed E-state index contributed by atoms with van der Waals surface area (Å²) in [5.74, 6) is 0. The molecule has 21 heavy (non-hydrogen) atoms. The predicted octanol–water partition coefficient (Wildman–Crippen LogP) is 3.13. The third-order valence-electron chi connectivity index (χ3n) is 4.07. The Hall–Kier alpha value is -1.36. The molecule has 0 saturated carbocycles. The zero-order chi connectivity index (χ0) is 14.8. The molecule has 0 bridgehead atoms. The van der Waals surface area contributed by atoms with Crippen LogP contribution in [0.2, 0.25) is 5.02 Å². The van der Waals surface area contributed by atoms with E-state index in [0.29, 0.717) is 5.02 Å². The van der Waals surface area contributed by atoms with Crippen molar-refractivity contribution in [3.8, 4) is 0 Å². The summed E-state index contributed by atoms with van der Waals surface area (Å²) in [6.07, 6.45) is 2.63. The first-order valence-corrected chi connectivity index (χ1v) is 7.72. The highest BCUT2D eigenvalue weighted by atomic mass is 35.5. The molecule has 1 aliphatic heterocycles. The standard InChI is InChI=1S/C16H20ClN3O/c1-3-20-15(13(17)10-19-20)14(18-2)16-12-7-5-4-6-11(12)8-9-21-16/h4-7,10,14,16,18H,3,8-9H2,1-2H3. The molecule has 2 aromatic rings. The van der Waals surface area contributed by atoms with Crippen LogP contribution >= 0.6 is 11.6 Å². The minimum atomic E-state index is -0.0422. The highest BCUT2D eigenvalue weighted by Gasteiger charge is 2.32. The van der Waals surface area contributed by atoms with Crippen molar-refractivity contribution in [2.45, 2.75) is 32.0 Å². The van der Waals surface area contributed by atoms with Gasteiger partial charge in [0.05, 0.1) is 29.6 Å². The van der Waals surface area contributed by atoms with Crippen LogP contribution in [0.5, 0.6) is 0 Å². The second-order valence-corrected chi connectivity index (χ2v) is 5.61. The summed E-state index contributed by atoms with van der Waals surface area (Å²) in [4.78, 5) is 0. The molecule has 4 nitrogen and oxygen atoms in total. The van der Waals surface area contributed by atoms with Gasteiger partial charge in [-0.1, -0.05) is 35.9 Å². The predicted molar refractivity (Wildman–Crippen MR) is 83.6 cm³/mol. The smallest absolute Gasteiger partial charge is 0.104 e. The van der Waals surface area contributed by atoms with Crippen LogP contribution in [0, 0.1) is 0 Å². The largest absolute Gasteiger partial charge is 0.371 e. The maximum absolute atomic E-state index is 6.36. The van der Waals surface area contributed by atoms with Crippen molar-refractivity contribution >= 4 is 11.6 Å². The topological polar surface area (TPSA) is 39.1 Å². The van der Waals surface area contributed by atoms with E-state index in [-0.39, 0.29) is 12.1 Å². The Kier molecular flexibility index (Phi) is 4.29. The Bertz CT molecular complexity index is 626. The summed E-state index contributed by atoms with van der Waals surface area (Å²) >= 11 is 6.36. The lowest BCUT2D eigenvalue weighted by Gasteiger charge is -2.32. The molecule has 1 aliphatic rings. The summed E-state index contributed by atoms with van der Waals surface area (Å²) < 4.78 is 8.01. The monoisotopic (exact) mass is 305 g/mol. The van der Waals surface area contributed by atoms with Gasteiger partial charge in [0.25, 0.3) is 0 Å². The van der Waals surface area contributed by atoms with E-state index >= 15 is 0 Å². The number of aromatic nitrogens is 2. The number of halogens is 1. The molecule has 1 aromatic heterocycles. The fourth-order valence-electron chi connectivity index (χ4n) is 3.07. The molecule has 2 atom stereocenters. The van der Waals surface area contributed by atoms with Crippen molar-refractivity contribution in [2.24, 2.45) is 0 Å². The minimum Gasteiger partial charge on any atom is -0.371 e. The van der Waals surface area contributed by atoms with Crippen LogP contribution in [0.15, 0.2) is 30.5 Å². The summed E-state index contributed by atoms with van der Waals surface area (Å²) in [6.45, 7) is 3.58. The van der Waals surface area contributed by atoms with Crippen LogP contribution in [0.25, 0.3) is 0 Å². The Balaban J connectivity index is 2.03. The first-order valence-electron chi connectivity index (χ1n) is 7.34. The number of fused-ring (bicyclic) bond motifs is 1. The zero-order valence-corrected chi connectivity index (χ0v) is 13.1. The fourth-order valence-corrected chi connectivity index (χ4v) is 3.32. The van der Waals surface area contributed by atoms with Gasteiger partial charge in [0.2, 0.25) is 0 Å². The zero-order valence-electron chi connectivity index (χ0n) is 12.3. The van der Waals surface area contributed by atoms with Crippen molar-refractivity contribution in [3.63, 3.8) is 0 Å². The quantitative estimate of drug-likeness (QED) is 0.943. The van der Waals surface area contributed by atoms with Gasteiger partial charge in [0.15, 0.2) is 0 Å². The molecule has 2 heterocycles. The summed E-state index contributed by atoms with van der Waals surface area (Å²) in [5.41, 5.74) is 3.58. The van der Waals surface area contributed by atoms with E-state index in [0.717, 1.165) is 25.3 Å². The summed E-state index contributed by atoms with van der Waals surface area (Å²) in [5, 5.41) is 8.39. The van der Waals surface area contributed by atoms with Gasteiger partial charge in [-0.25, -0.2) is 0 Å². The second kappa shape index (κ2) is 6.18. The molecule has 3 rings (SSSR count). The van der Waals surface area contributed by atoms with Gasteiger partial charge in [0.1, 0.15) is 6.10 Å². The molecule has 0 fully saturated rings. The maximum atomic E-state index is 6.36. The number of rotatable bonds is 4. The lowest BCUT2D eigenvalue weighted by molar-refractivity contribution is 0.0145. The molecular formula is C16H20ClN3O. The van der Waals surface area contributed by atoms with Crippen molar-refractivity contribution < 1.29 is 4.74 Å². The number of hydrogen-bond donors (Lipinski definition) is 1. The van der Waals surface area contributed by atoms with Crippen molar-refractivity contribution in [1.82, 2.24) is 15.1 Å². The summed E-state index contributed by atoms with van der Waals surface area (Å²) in [7, 11) is 1.94. The highest BCUT2D eigenvalue weighted by molar-refractivity contribution is 6.31. The molecule has 1 aromatic carbocycles. The molecule has 5 heteroatoms. The second-order valence-electron chi connectivity index (χ2n) is 5.20. The van der Waals surface area contributed by atoms with E-state index in [4.69, 9.17) is 16.3 Å². The molecule has 112 valence electrons. The average molecular weight is 306 g/mol. The van der Waals surface area contributed by atoms with Gasteiger partial charge in [0, 0.05) is 6.54 Å². The van der Waals surface area contributed by atoms with Crippen LogP contribution in [-0.4, -0.2) is 23.4 Å². The third-order valence-corrected chi connectivity index (χ3v) is 4.36. The fraction of sp³-hybridized carbons (Fsp3) is 0.438. The molecule has 0 aliphatic carbocycles. The SMILES string of the molecule is CCn1ncc(Cl)c1C(NC)C1OCCc2ccccc21. The lowest BCUT2D eigenvalue weighted by Crippen LogP contribution is -2.31. The Labute approximate surface area is 130 Å². The Morgan fingerprint density at radius 1 is 1.48 bits per heavy atom. The summed E-state index contributed by atoms with van der Waals surface area (Å²) in [6, 6.07) is 8.45. The molecular weight excluding hydrogens is 286 g/mol. The number of ether oxygens (including phenoxy) is 1. The van der Waals surface area contributed by atoms with Crippen LogP contribution in [0.3, 0.4) is 0 Å². The van der Waals surface area contributed by atoms with E-state index < -0.39 is 0 Å². The maximum Gasteiger partial charge on any atom is 0.104 e. The van der Waals surface area contributed by atoms with E-state index in [9.17, 15) is 0 Å². The first kappa shape index (κ1) is 14.6. The van der Waals surface area contributed by atoms with E-state index in [1.807, 2.05) is 11.7 Å². The van der Waals surface area contributed by atoms with Crippen LogP contribution in [0.4, 0.5) is 0 Å². The molecule has 0 spiro atoms. The number of likely N-dealkylation sites (N-methyl/N-ethyl adjacent to an activating group) is 1. The Morgan fingerprint density at radius 2 is 2.29 bits per heavy atom. The lowest BCUT2D eigenvalue weighted by atomic mass is 9.92. The third kappa shape index (κ3) is 2.59. The number of benzene rings is 1. The highest BCUT2D eigenvalue weighted by Crippen LogP contribution is 2.38. The minimum absolute atomic E-state index is 0.0126. The van der Waals surface area contributed by atoms with Crippen molar-refractivity contribution in [3.05, 3.63) is 52.3 Å². The molecule has 1 N–H and O–H groups in total. The average Bonchev–Trinajstić information content (AvgIpc) is 2.90. The van der Waals surface area contributed by atoms with E-state index in [1.165, 1.54) is 11.1 Å². The van der Waals surface area contributed by atoms with Gasteiger partial charge in [-0.15, -0.1) is 0 Å². The van der Waals surface area contributed by atoms with Gasteiger partial charge in [-0.05, 0) is 31.5 Å². The van der Waals surface area contributed by atoms with Crippen LogP contribution in [0.1, 0.15) is 35.9 Å². The molecule has 0 saturated heterocycles. The number of aryl methyl sites for hydroxylation is 1. The van der Waals surface area contributed by atoms with Gasteiger partial charge < -0.3 is 10.1 Å². The van der Waals surface area contributed by atoms with Gasteiger partial charge >= 0.3 is 0 Å². The molecule has 2 unspecified atom stereocenters.